The van der Waals surface area contributed by atoms with Gasteiger partial charge in [0.05, 0.1) is 24.1 Å². The molecule has 1 saturated heterocycles. The first kappa shape index (κ1) is 17.1. The van der Waals surface area contributed by atoms with Crippen LogP contribution >= 0.6 is 31.9 Å². The quantitative estimate of drug-likeness (QED) is 0.587. The number of hydrogen-bond donors (Lipinski definition) is 0. The molecule has 0 saturated carbocycles. The number of rotatable bonds is 6. The first-order valence-corrected chi connectivity index (χ1v) is 9.23. The van der Waals surface area contributed by atoms with Gasteiger partial charge in [-0.3, -0.25) is 0 Å². The molecule has 1 fully saturated rings. The van der Waals surface area contributed by atoms with Crippen molar-refractivity contribution in [2.24, 2.45) is 0 Å². The third-order valence-corrected chi connectivity index (χ3v) is 5.27. The average molecular weight is 422 g/mol. The highest BCUT2D eigenvalue weighted by atomic mass is 79.9. The third-order valence-electron chi connectivity index (χ3n) is 3.50. The second-order valence-corrected chi connectivity index (χ2v) is 6.83. The number of ether oxygens (including phenoxy) is 3. The van der Waals surface area contributed by atoms with Gasteiger partial charge in [-0.1, -0.05) is 31.9 Å². The molecule has 0 amide bonds. The fourth-order valence-electron chi connectivity index (χ4n) is 2.50. The van der Waals surface area contributed by atoms with Crippen LogP contribution in [0.3, 0.4) is 0 Å². The third kappa shape index (κ3) is 4.36. The Hall–Kier alpha value is -0.260. The molecule has 21 heavy (non-hydrogen) atoms. The van der Waals surface area contributed by atoms with E-state index in [-0.39, 0.29) is 10.9 Å². The van der Waals surface area contributed by atoms with E-state index in [0.29, 0.717) is 13.2 Å². The van der Waals surface area contributed by atoms with E-state index in [1.165, 1.54) is 6.42 Å². The zero-order chi connectivity index (χ0) is 15.2. The summed E-state index contributed by atoms with van der Waals surface area (Å²) in [6, 6.07) is 4.04. The summed E-state index contributed by atoms with van der Waals surface area (Å²) in [5.74, 6) is 1.57. The molecule has 0 N–H and O–H groups in total. The lowest BCUT2D eigenvalue weighted by Gasteiger charge is -2.28. The standard InChI is InChI=1S/C16H22Br2O3/c1-3-19-14-9-11(12(17)10-15(14)20-4-2)16(18)13-7-5-6-8-21-13/h9-10,13,16H,3-8H2,1-2H3. The number of hydrogen-bond acceptors (Lipinski definition) is 3. The van der Waals surface area contributed by atoms with Crippen molar-refractivity contribution < 1.29 is 14.2 Å². The summed E-state index contributed by atoms with van der Waals surface area (Å²) in [5.41, 5.74) is 1.15. The molecule has 2 rings (SSSR count). The Morgan fingerprint density at radius 3 is 2.43 bits per heavy atom. The average Bonchev–Trinajstić information content (AvgIpc) is 2.50. The Bertz CT molecular complexity index is 459. The number of alkyl halides is 1. The molecule has 2 unspecified atom stereocenters. The van der Waals surface area contributed by atoms with Crippen LogP contribution < -0.4 is 9.47 Å². The maximum atomic E-state index is 5.89. The first-order chi connectivity index (χ1) is 10.2. The second kappa shape index (κ2) is 8.39. The summed E-state index contributed by atoms with van der Waals surface area (Å²) < 4.78 is 18.3. The fourth-order valence-corrected chi connectivity index (χ4v) is 4.17. The van der Waals surface area contributed by atoms with Gasteiger partial charge in [-0.15, -0.1) is 0 Å². The summed E-state index contributed by atoms with van der Waals surface area (Å²) in [6.07, 6.45) is 3.67. The molecule has 1 aliphatic rings. The first-order valence-electron chi connectivity index (χ1n) is 7.52. The van der Waals surface area contributed by atoms with Crippen molar-refractivity contribution in [3.8, 4) is 11.5 Å². The van der Waals surface area contributed by atoms with Crippen LogP contribution in [-0.2, 0) is 4.74 Å². The monoisotopic (exact) mass is 420 g/mol. The number of halogens is 2. The molecular weight excluding hydrogens is 400 g/mol. The maximum Gasteiger partial charge on any atom is 0.162 e. The SMILES string of the molecule is CCOc1cc(Br)c(C(Br)C2CCCCO2)cc1OCC. The van der Waals surface area contributed by atoms with Gasteiger partial charge in [-0.2, -0.15) is 0 Å². The van der Waals surface area contributed by atoms with Gasteiger partial charge in [-0.25, -0.2) is 0 Å². The van der Waals surface area contributed by atoms with E-state index in [1.807, 2.05) is 19.9 Å². The van der Waals surface area contributed by atoms with E-state index in [9.17, 15) is 0 Å². The Kier molecular flexibility index (Phi) is 6.83. The number of benzene rings is 1. The van der Waals surface area contributed by atoms with Crippen LogP contribution in [-0.4, -0.2) is 25.9 Å². The van der Waals surface area contributed by atoms with E-state index < -0.39 is 0 Å². The van der Waals surface area contributed by atoms with Gasteiger partial charge in [0, 0.05) is 11.1 Å². The van der Waals surface area contributed by atoms with Crippen LogP contribution in [0.4, 0.5) is 0 Å². The molecule has 0 aromatic heterocycles. The molecular formula is C16H22Br2O3. The lowest BCUT2D eigenvalue weighted by Crippen LogP contribution is -2.23. The summed E-state index contributed by atoms with van der Waals surface area (Å²) in [7, 11) is 0. The Labute approximate surface area is 143 Å². The Balaban J connectivity index is 2.27. The zero-order valence-corrected chi connectivity index (χ0v) is 15.7. The molecule has 1 aromatic rings. The minimum atomic E-state index is 0.155. The van der Waals surface area contributed by atoms with Gasteiger partial charge in [0.2, 0.25) is 0 Å². The Morgan fingerprint density at radius 1 is 1.19 bits per heavy atom. The molecule has 118 valence electrons. The maximum absolute atomic E-state index is 5.89. The van der Waals surface area contributed by atoms with Gasteiger partial charge < -0.3 is 14.2 Å². The summed E-state index contributed by atoms with van der Waals surface area (Å²) in [6.45, 7) is 6.04. The van der Waals surface area contributed by atoms with Crippen molar-refractivity contribution in [1.29, 1.82) is 0 Å². The molecule has 0 radical (unpaired) electrons. The molecule has 1 aliphatic heterocycles. The summed E-state index contributed by atoms with van der Waals surface area (Å²) in [4.78, 5) is 0.155. The lowest BCUT2D eigenvalue weighted by atomic mass is 10.0. The van der Waals surface area contributed by atoms with Crippen molar-refractivity contribution in [3.05, 3.63) is 22.2 Å². The van der Waals surface area contributed by atoms with E-state index in [4.69, 9.17) is 14.2 Å². The van der Waals surface area contributed by atoms with Gasteiger partial charge in [0.25, 0.3) is 0 Å². The predicted octanol–water partition coefficient (Wildman–Crippen LogP) is 5.25. The van der Waals surface area contributed by atoms with Gasteiger partial charge in [0.15, 0.2) is 11.5 Å². The van der Waals surface area contributed by atoms with Crippen LogP contribution in [0.2, 0.25) is 0 Å². The van der Waals surface area contributed by atoms with Crippen LogP contribution in [0.5, 0.6) is 11.5 Å². The fraction of sp³-hybridized carbons (Fsp3) is 0.625. The van der Waals surface area contributed by atoms with Crippen molar-refractivity contribution >= 4 is 31.9 Å². The van der Waals surface area contributed by atoms with Gasteiger partial charge in [0.1, 0.15) is 0 Å². The van der Waals surface area contributed by atoms with Crippen LogP contribution in [0, 0.1) is 0 Å². The van der Waals surface area contributed by atoms with E-state index in [0.717, 1.165) is 41.0 Å². The van der Waals surface area contributed by atoms with E-state index >= 15 is 0 Å². The molecule has 1 aromatic carbocycles. The van der Waals surface area contributed by atoms with E-state index in [2.05, 4.69) is 37.9 Å². The predicted molar refractivity (Wildman–Crippen MR) is 91.7 cm³/mol. The molecule has 3 nitrogen and oxygen atoms in total. The van der Waals surface area contributed by atoms with Crippen LogP contribution in [0.25, 0.3) is 0 Å². The topological polar surface area (TPSA) is 27.7 Å². The van der Waals surface area contributed by atoms with Crippen molar-refractivity contribution in [3.63, 3.8) is 0 Å². The van der Waals surface area contributed by atoms with Crippen LogP contribution in [0.15, 0.2) is 16.6 Å². The highest BCUT2D eigenvalue weighted by Gasteiger charge is 2.26. The van der Waals surface area contributed by atoms with Crippen LogP contribution in [0.1, 0.15) is 43.5 Å². The molecule has 2 atom stereocenters. The van der Waals surface area contributed by atoms with Gasteiger partial charge in [-0.05, 0) is 50.8 Å². The van der Waals surface area contributed by atoms with Gasteiger partial charge >= 0.3 is 0 Å². The largest absolute Gasteiger partial charge is 0.490 e. The minimum absolute atomic E-state index is 0.155. The van der Waals surface area contributed by atoms with Crippen molar-refractivity contribution in [2.75, 3.05) is 19.8 Å². The highest BCUT2D eigenvalue weighted by molar-refractivity contribution is 9.11. The summed E-state index contributed by atoms with van der Waals surface area (Å²) >= 11 is 7.44. The highest BCUT2D eigenvalue weighted by Crippen LogP contribution is 2.42. The minimum Gasteiger partial charge on any atom is -0.490 e. The smallest absolute Gasteiger partial charge is 0.162 e. The van der Waals surface area contributed by atoms with Crippen molar-refractivity contribution in [2.45, 2.75) is 44.0 Å². The molecule has 5 heteroatoms. The van der Waals surface area contributed by atoms with E-state index in [1.54, 1.807) is 0 Å². The lowest BCUT2D eigenvalue weighted by molar-refractivity contribution is 0.0159. The second-order valence-electron chi connectivity index (χ2n) is 4.99. The Morgan fingerprint density at radius 2 is 1.86 bits per heavy atom. The van der Waals surface area contributed by atoms with Crippen molar-refractivity contribution in [1.82, 2.24) is 0 Å². The molecule has 0 spiro atoms. The molecule has 1 heterocycles. The normalized spacial score (nSPS) is 20.1. The molecule has 0 aliphatic carbocycles. The zero-order valence-electron chi connectivity index (χ0n) is 12.5. The summed E-state index contributed by atoms with van der Waals surface area (Å²) in [5, 5.41) is 0. The molecule has 0 bridgehead atoms.